The molecule has 0 saturated heterocycles. The van der Waals surface area contributed by atoms with Crippen LogP contribution in [0.25, 0.3) is 0 Å². The maximum Gasteiger partial charge on any atom is 0.123 e. The predicted octanol–water partition coefficient (Wildman–Crippen LogP) is 2.80. The van der Waals surface area contributed by atoms with Crippen LogP contribution in [0.4, 0.5) is 4.39 Å². The van der Waals surface area contributed by atoms with Crippen molar-refractivity contribution in [1.29, 1.82) is 0 Å². The SMILES string of the molecule is CCC(NCc1cnn(C)c1)c1ccc(F)cc1. The molecule has 1 N–H and O–H groups in total. The Bertz CT molecular complexity index is 490. The Morgan fingerprint density at radius 2 is 2.06 bits per heavy atom. The van der Waals surface area contributed by atoms with Gasteiger partial charge < -0.3 is 5.32 Å². The average Bonchev–Trinajstić information content (AvgIpc) is 2.78. The molecule has 0 spiro atoms. The summed E-state index contributed by atoms with van der Waals surface area (Å²) in [6, 6.07) is 6.92. The van der Waals surface area contributed by atoms with Gasteiger partial charge in [0, 0.05) is 31.4 Å². The van der Waals surface area contributed by atoms with E-state index in [1.54, 1.807) is 4.68 Å². The van der Waals surface area contributed by atoms with Gasteiger partial charge in [0.05, 0.1) is 6.20 Å². The van der Waals surface area contributed by atoms with Gasteiger partial charge in [-0.1, -0.05) is 19.1 Å². The van der Waals surface area contributed by atoms with Crippen molar-refractivity contribution >= 4 is 0 Å². The van der Waals surface area contributed by atoms with Gasteiger partial charge in [0.2, 0.25) is 0 Å². The first-order chi connectivity index (χ1) is 8.69. The normalized spacial score (nSPS) is 12.6. The first kappa shape index (κ1) is 12.8. The third-order valence-corrected chi connectivity index (χ3v) is 2.99. The highest BCUT2D eigenvalue weighted by Crippen LogP contribution is 2.17. The van der Waals surface area contributed by atoms with Gasteiger partial charge in [-0.2, -0.15) is 5.10 Å². The Hall–Kier alpha value is -1.68. The number of nitrogens with one attached hydrogen (secondary N) is 1. The van der Waals surface area contributed by atoms with E-state index >= 15 is 0 Å². The summed E-state index contributed by atoms with van der Waals surface area (Å²) in [5.74, 6) is -0.194. The number of hydrogen-bond acceptors (Lipinski definition) is 2. The number of rotatable bonds is 5. The third-order valence-electron chi connectivity index (χ3n) is 2.99. The molecule has 0 bridgehead atoms. The van der Waals surface area contributed by atoms with Crippen LogP contribution >= 0.6 is 0 Å². The maximum absolute atomic E-state index is 12.9. The summed E-state index contributed by atoms with van der Waals surface area (Å²) < 4.78 is 14.7. The lowest BCUT2D eigenvalue weighted by Crippen LogP contribution is -2.20. The fourth-order valence-electron chi connectivity index (χ4n) is 2.00. The lowest BCUT2D eigenvalue weighted by atomic mass is 10.0. The standard InChI is InChI=1S/C14H18FN3/c1-3-14(12-4-6-13(15)7-5-12)16-8-11-9-17-18(2)10-11/h4-7,9-10,14,16H,3,8H2,1-2H3. The van der Waals surface area contributed by atoms with Crippen molar-refractivity contribution in [3.8, 4) is 0 Å². The van der Waals surface area contributed by atoms with Crippen LogP contribution in [-0.4, -0.2) is 9.78 Å². The van der Waals surface area contributed by atoms with Crippen LogP contribution in [-0.2, 0) is 13.6 Å². The third kappa shape index (κ3) is 3.17. The molecular weight excluding hydrogens is 229 g/mol. The molecule has 3 nitrogen and oxygen atoms in total. The van der Waals surface area contributed by atoms with Crippen molar-refractivity contribution in [2.75, 3.05) is 0 Å². The van der Waals surface area contributed by atoms with Crippen molar-refractivity contribution in [2.24, 2.45) is 7.05 Å². The molecule has 0 fully saturated rings. The Kier molecular flexibility index (Phi) is 4.10. The smallest absolute Gasteiger partial charge is 0.123 e. The van der Waals surface area contributed by atoms with Crippen molar-refractivity contribution in [3.63, 3.8) is 0 Å². The van der Waals surface area contributed by atoms with Gasteiger partial charge in [-0.15, -0.1) is 0 Å². The molecule has 1 aromatic carbocycles. The van der Waals surface area contributed by atoms with Crippen molar-refractivity contribution in [2.45, 2.75) is 25.9 Å². The highest BCUT2D eigenvalue weighted by atomic mass is 19.1. The van der Waals surface area contributed by atoms with Crippen LogP contribution in [0, 0.1) is 5.82 Å². The second-order valence-electron chi connectivity index (χ2n) is 4.42. The van der Waals surface area contributed by atoms with E-state index in [1.165, 1.54) is 12.1 Å². The second kappa shape index (κ2) is 5.78. The molecule has 1 atom stereocenters. The fraction of sp³-hybridized carbons (Fsp3) is 0.357. The fourth-order valence-corrected chi connectivity index (χ4v) is 2.00. The van der Waals surface area contributed by atoms with E-state index in [9.17, 15) is 4.39 Å². The summed E-state index contributed by atoms with van der Waals surface area (Å²) in [6.45, 7) is 2.88. The first-order valence-corrected chi connectivity index (χ1v) is 6.15. The zero-order valence-corrected chi connectivity index (χ0v) is 10.7. The molecule has 2 aromatic rings. The summed E-state index contributed by atoms with van der Waals surface area (Å²) in [6.07, 6.45) is 4.81. The molecule has 0 aliphatic carbocycles. The van der Waals surface area contributed by atoms with E-state index in [0.29, 0.717) is 0 Å². The Balaban J connectivity index is 1.99. The molecule has 18 heavy (non-hydrogen) atoms. The number of nitrogens with zero attached hydrogens (tertiary/aromatic N) is 2. The van der Waals surface area contributed by atoms with Crippen molar-refractivity contribution in [3.05, 3.63) is 53.6 Å². The number of hydrogen-bond donors (Lipinski definition) is 1. The highest BCUT2D eigenvalue weighted by molar-refractivity contribution is 5.20. The lowest BCUT2D eigenvalue weighted by Gasteiger charge is -2.16. The van der Waals surface area contributed by atoms with Crippen LogP contribution < -0.4 is 5.32 Å². The van der Waals surface area contributed by atoms with Gasteiger partial charge in [-0.05, 0) is 24.1 Å². The van der Waals surface area contributed by atoms with E-state index in [2.05, 4.69) is 17.3 Å². The monoisotopic (exact) mass is 247 g/mol. The van der Waals surface area contributed by atoms with Crippen LogP contribution in [0.2, 0.25) is 0 Å². The minimum absolute atomic E-state index is 0.194. The summed E-state index contributed by atoms with van der Waals surface area (Å²) in [5, 5.41) is 7.59. The zero-order chi connectivity index (χ0) is 13.0. The van der Waals surface area contributed by atoms with Gasteiger partial charge in [0.15, 0.2) is 0 Å². The molecule has 4 heteroatoms. The van der Waals surface area contributed by atoms with Crippen molar-refractivity contribution in [1.82, 2.24) is 15.1 Å². The zero-order valence-electron chi connectivity index (χ0n) is 10.7. The van der Waals surface area contributed by atoms with E-state index in [0.717, 1.165) is 24.1 Å². The number of aromatic nitrogens is 2. The largest absolute Gasteiger partial charge is 0.306 e. The van der Waals surface area contributed by atoms with E-state index in [-0.39, 0.29) is 11.9 Å². The van der Waals surface area contributed by atoms with E-state index in [4.69, 9.17) is 0 Å². The molecule has 96 valence electrons. The van der Waals surface area contributed by atoms with Crippen molar-refractivity contribution < 1.29 is 4.39 Å². The highest BCUT2D eigenvalue weighted by Gasteiger charge is 2.09. The molecule has 0 aliphatic rings. The second-order valence-corrected chi connectivity index (χ2v) is 4.42. The molecule has 1 aromatic heterocycles. The minimum atomic E-state index is -0.194. The quantitative estimate of drug-likeness (QED) is 0.880. The molecular formula is C14H18FN3. The predicted molar refractivity (Wildman–Crippen MR) is 69.5 cm³/mol. The molecule has 0 amide bonds. The van der Waals surface area contributed by atoms with Crippen LogP contribution in [0.3, 0.4) is 0 Å². The Morgan fingerprint density at radius 1 is 1.33 bits per heavy atom. The summed E-state index contributed by atoms with van der Waals surface area (Å²) in [7, 11) is 1.90. The summed E-state index contributed by atoms with van der Waals surface area (Å²) in [5.41, 5.74) is 2.26. The van der Waals surface area contributed by atoms with Gasteiger partial charge in [0.1, 0.15) is 5.82 Å². The minimum Gasteiger partial charge on any atom is -0.306 e. The van der Waals surface area contributed by atoms with Crippen LogP contribution in [0.1, 0.15) is 30.5 Å². The van der Waals surface area contributed by atoms with Gasteiger partial charge >= 0.3 is 0 Å². The van der Waals surface area contributed by atoms with Gasteiger partial charge in [-0.25, -0.2) is 4.39 Å². The molecule has 1 unspecified atom stereocenters. The maximum atomic E-state index is 12.9. The first-order valence-electron chi connectivity index (χ1n) is 6.15. The van der Waals surface area contributed by atoms with E-state index < -0.39 is 0 Å². The molecule has 1 heterocycles. The summed E-state index contributed by atoms with van der Waals surface area (Å²) in [4.78, 5) is 0. The lowest BCUT2D eigenvalue weighted by molar-refractivity contribution is 0.517. The molecule has 0 aliphatic heterocycles. The topological polar surface area (TPSA) is 29.9 Å². The van der Waals surface area contributed by atoms with Gasteiger partial charge in [-0.3, -0.25) is 4.68 Å². The number of halogens is 1. The van der Waals surface area contributed by atoms with Crippen LogP contribution in [0.15, 0.2) is 36.7 Å². The van der Waals surface area contributed by atoms with Crippen LogP contribution in [0.5, 0.6) is 0 Å². The summed E-state index contributed by atoms with van der Waals surface area (Å²) >= 11 is 0. The molecule has 0 radical (unpaired) electrons. The number of aryl methyl sites for hydroxylation is 1. The molecule has 2 rings (SSSR count). The Morgan fingerprint density at radius 3 is 2.61 bits per heavy atom. The average molecular weight is 247 g/mol. The number of benzene rings is 1. The Labute approximate surface area is 107 Å². The molecule has 0 saturated carbocycles. The van der Waals surface area contributed by atoms with E-state index in [1.807, 2.05) is 31.6 Å². The van der Waals surface area contributed by atoms with Gasteiger partial charge in [0.25, 0.3) is 0 Å².